The van der Waals surface area contributed by atoms with Gasteiger partial charge in [-0.15, -0.1) is 6.58 Å². The van der Waals surface area contributed by atoms with Crippen molar-refractivity contribution >= 4 is 0 Å². The van der Waals surface area contributed by atoms with Gasteiger partial charge in [-0.2, -0.15) is 0 Å². The van der Waals surface area contributed by atoms with Gasteiger partial charge in [0.25, 0.3) is 0 Å². The van der Waals surface area contributed by atoms with Gasteiger partial charge in [0.1, 0.15) is 5.75 Å². The standard InChI is InChI=1S/C28H34O/c1-3-5-6-23-7-9-24(10-8-23)11-12-25-13-15-26(16-14-25)17-18-27-19-21-28(22-20-27)29-4-2/h3,13-16,19-24H,1,4-12H2,2H3/t23-,24-. The Hall–Kier alpha value is -2.46. The predicted molar refractivity (Wildman–Crippen MR) is 123 cm³/mol. The summed E-state index contributed by atoms with van der Waals surface area (Å²) in [5, 5.41) is 0. The molecule has 1 heteroatoms. The van der Waals surface area contributed by atoms with Crippen molar-refractivity contribution in [3.8, 4) is 17.6 Å². The molecular formula is C28H34O. The van der Waals surface area contributed by atoms with Crippen LogP contribution in [0.15, 0.2) is 61.2 Å². The van der Waals surface area contributed by atoms with Gasteiger partial charge in [-0.3, -0.25) is 0 Å². The van der Waals surface area contributed by atoms with Crippen LogP contribution >= 0.6 is 0 Å². The minimum Gasteiger partial charge on any atom is -0.494 e. The highest BCUT2D eigenvalue weighted by atomic mass is 16.5. The van der Waals surface area contributed by atoms with Crippen molar-refractivity contribution in [3.05, 3.63) is 77.9 Å². The number of rotatable bonds is 8. The van der Waals surface area contributed by atoms with E-state index in [1.807, 2.05) is 31.2 Å². The molecule has 152 valence electrons. The fraction of sp³-hybridized carbons (Fsp3) is 0.429. The summed E-state index contributed by atoms with van der Waals surface area (Å²) in [5.74, 6) is 9.26. The van der Waals surface area contributed by atoms with Crippen molar-refractivity contribution in [2.45, 2.75) is 58.3 Å². The average molecular weight is 387 g/mol. The zero-order valence-corrected chi connectivity index (χ0v) is 17.8. The Morgan fingerprint density at radius 1 is 0.862 bits per heavy atom. The van der Waals surface area contributed by atoms with Crippen LogP contribution in [-0.2, 0) is 6.42 Å². The van der Waals surface area contributed by atoms with Gasteiger partial charge in [-0.1, -0.05) is 55.7 Å². The Bertz CT molecular complexity index is 796. The lowest BCUT2D eigenvalue weighted by atomic mass is 9.78. The summed E-state index contributed by atoms with van der Waals surface area (Å²) < 4.78 is 5.47. The van der Waals surface area contributed by atoms with Gasteiger partial charge in [0.15, 0.2) is 0 Å². The largest absolute Gasteiger partial charge is 0.494 e. The van der Waals surface area contributed by atoms with E-state index >= 15 is 0 Å². The minimum absolute atomic E-state index is 0.689. The number of hydrogen-bond acceptors (Lipinski definition) is 1. The molecule has 0 N–H and O–H groups in total. The summed E-state index contributed by atoms with van der Waals surface area (Å²) in [6, 6.07) is 16.8. The molecule has 0 atom stereocenters. The van der Waals surface area contributed by atoms with Crippen molar-refractivity contribution in [2.75, 3.05) is 6.61 Å². The predicted octanol–water partition coefficient (Wildman–Crippen LogP) is 7.19. The van der Waals surface area contributed by atoms with Crippen LogP contribution in [-0.4, -0.2) is 6.61 Å². The summed E-state index contributed by atoms with van der Waals surface area (Å²) in [6.07, 6.45) is 12.8. The van der Waals surface area contributed by atoms with Gasteiger partial charge in [-0.25, -0.2) is 0 Å². The number of ether oxygens (including phenoxy) is 1. The smallest absolute Gasteiger partial charge is 0.119 e. The quantitative estimate of drug-likeness (QED) is 0.344. The Morgan fingerprint density at radius 2 is 1.41 bits per heavy atom. The third-order valence-electron chi connectivity index (χ3n) is 6.06. The molecule has 0 spiro atoms. The summed E-state index contributed by atoms with van der Waals surface area (Å²) >= 11 is 0. The molecule has 1 aliphatic carbocycles. The molecule has 0 heterocycles. The fourth-order valence-electron chi connectivity index (χ4n) is 4.23. The Morgan fingerprint density at radius 3 is 1.97 bits per heavy atom. The lowest BCUT2D eigenvalue weighted by Crippen LogP contribution is -2.15. The molecule has 2 aromatic carbocycles. The molecule has 0 amide bonds. The third kappa shape index (κ3) is 7.13. The van der Waals surface area contributed by atoms with Gasteiger partial charge in [0.2, 0.25) is 0 Å². The van der Waals surface area contributed by atoms with Crippen molar-refractivity contribution in [1.82, 2.24) is 0 Å². The van der Waals surface area contributed by atoms with E-state index in [-0.39, 0.29) is 0 Å². The van der Waals surface area contributed by atoms with Crippen LogP contribution in [0.3, 0.4) is 0 Å². The molecule has 3 rings (SSSR count). The second-order valence-electron chi connectivity index (χ2n) is 8.20. The SMILES string of the molecule is C=CCC[C@H]1CC[C@H](CCc2ccc(C#Cc3ccc(OCC)cc3)cc2)CC1. The van der Waals surface area contributed by atoms with Gasteiger partial charge < -0.3 is 4.74 Å². The monoisotopic (exact) mass is 386 g/mol. The summed E-state index contributed by atoms with van der Waals surface area (Å²) in [7, 11) is 0. The van der Waals surface area contributed by atoms with Crippen molar-refractivity contribution < 1.29 is 4.74 Å². The zero-order chi connectivity index (χ0) is 20.3. The second-order valence-corrected chi connectivity index (χ2v) is 8.20. The molecule has 1 aliphatic rings. The normalized spacial score (nSPS) is 18.5. The molecule has 1 saturated carbocycles. The first-order valence-corrected chi connectivity index (χ1v) is 11.2. The highest BCUT2D eigenvalue weighted by Gasteiger charge is 2.20. The Kier molecular flexibility index (Phi) is 8.44. The molecule has 1 fully saturated rings. The first-order chi connectivity index (χ1) is 14.3. The van der Waals surface area contributed by atoms with Gasteiger partial charge in [0, 0.05) is 11.1 Å². The van der Waals surface area contributed by atoms with Crippen LogP contribution in [0.5, 0.6) is 5.75 Å². The molecule has 29 heavy (non-hydrogen) atoms. The number of benzene rings is 2. The van der Waals surface area contributed by atoms with Gasteiger partial charge in [0.05, 0.1) is 6.61 Å². The van der Waals surface area contributed by atoms with Crippen LogP contribution in [0.4, 0.5) is 0 Å². The molecule has 1 nitrogen and oxygen atoms in total. The van der Waals surface area contributed by atoms with Crippen molar-refractivity contribution in [1.29, 1.82) is 0 Å². The Balaban J connectivity index is 1.44. The molecule has 2 aromatic rings. The molecule has 0 aromatic heterocycles. The molecule has 0 unspecified atom stereocenters. The van der Waals surface area contributed by atoms with Crippen LogP contribution in [0.1, 0.15) is 68.6 Å². The van der Waals surface area contributed by atoms with E-state index < -0.39 is 0 Å². The summed E-state index contributed by atoms with van der Waals surface area (Å²) in [6.45, 7) is 6.53. The first kappa shape index (κ1) is 21.3. The molecule has 0 bridgehead atoms. The van der Waals surface area contributed by atoms with Gasteiger partial charge >= 0.3 is 0 Å². The molecule has 0 radical (unpaired) electrons. The van der Waals surface area contributed by atoms with E-state index in [0.717, 1.165) is 28.7 Å². The van der Waals surface area contributed by atoms with Gasteiger partial charge in [-0.05, 0) is 86.4 Å². The maximum atomic E-state index is 5.47. The topological polar surface area (TPSA) is 9.23 Å². The van der Waals surface area contributed by atoms with E-state index in [9.17, 15) is 0 Å². The second kappa shape index (κ2) is 11.5. The van der Waals surface area contributed by atoms with Crippen LogP contribution in [0.2, 0.25) is 0 Å². The summed E-state index contributed by atoms with van der Waals surface area (Å²) in [4.78, 5) is 0. The van der Waals surface area contributed by atoms with E-state index in [1.54, 1.807) is 0 Å². The highest BCUT2D eigenvalue weighted by molar-refractivity contribution is 5.44. The average Bonchev–Trinajstić information content (AvgIpc) is 2.77. The van der Waals surface area contributed by atoms with Crippen LogP contribution in [0, 0.1) is 23.7 Å². The maximum Gasteiger partial charge on any atom is 0.119 e. The zero-order valence-electron chi connectivity index (χ0n) is 17.8. The third-order valence-corrected chi connectivity index (χ3v) is 6.06. The van der Waals surface area contributed by atoms with E-state index in [0.29, 0.717) is 6.61 Å². The highest BCUT2D eigenvalue weighted by Crippen LogP contribution is 2.33. The van der Waals surface area contributed by atoms with E-state index in [1.165, 1.54) is 56.9 Å². The molecular weight excluding hydrogens is 352 g/mol. The van der Waals surface area contributed by atoms with E-state index in [4.69, 9.17) is 4.74 Å². The minimum atomic E-state index is 0.689. The number of aryl methyl sites for hydroxylation is 1. The summed E-state index contributed by atoms with van der Waals surface area (Å²) in [5.41, 5.74) is 3.52. The Labute approximate surface area is 177 Å². The van der Waals surface area contributed by atoms with Crippen LogP contribution in [0.25, 0.3) is 0 Å². The maximum absolute atomic E-state index is 5.47. The van der Waals surface area contributed by atoms with Crippen LogP contribution < -0.4 is 4.74 Å². The fourth-order valence-corrected chi connectivity index (χ4v) is 4.23. The molecule has 0 aliphatic heterocycles. The number of hydrogen-bond donors (Lipinski definition) is 0. The number of allylic oxidation sites excluding steroid dienone is 1. The molecule has 0 saturated heterocycles. The lowest BCUT2D eigenvalue weighted by molar-refractivity contribution is 0.254. The van der Waals surface area contributed by atoms with Crippen molar-refractivity contribution in [3.63, 3.8) is 0 Å². The van der Waals surface area contributed by atoms with E-state index in [2.05, 4.69) is 48.8 Å². The lowest BCUT2D eigenvalue weighted by Gasteiger charge is -2.28. The van der Waals surface area contributed by atoms with Crippen molar-refractivity contribution in [2.24, 2.45) is 11.8 Å². The first-order valence-electron chi connectivity index (χ1n) is 11.2.